The van der Waals surface area contributed by atoms with Gasteiger partial charge in [0.25, 0.3) is 11.1 Å². The second kappa shape index (κ2) is 23.6. The van der Waals surface area contributed by atoms with Gasteiger partial charge in [-0.05, 0) is 105 Å². The van der Waals surface area contributed by atoms with Crippen LogP contribution in [0.4, 0.5) is 21.2 Å². The Morgan fingerprint density at radius 2 is 1.00 bits per heavy atom. The van der Waals surface area contributed by atoms with Crippen molar-refractivity contribution >= 4 is 69.1 Å². The van der Waals surface area contributed by atoms with Crippen molar-refractivity contribution < 1.29 is 23.8 Å². The van der Waals surface area contributed by atoms with E-state index in [2.05, 4.69) is 20.4 Å². The van der Waals surface area contributed by atoms with Gasteiger partial charge in [0.1, 0.15) is 33.9 Å². The number of carbonyl (C=O) groups excluding carboxylic acids is 2. The molecule has 77 heavy (non-hydrogen) atoms. The predicted octanol–water partition coefficient (Wildman–Crippen LogP) is 6.68. The molecule has 2 atom stereocenters. The lowest BCUT2D eigenvalue weighted by Gasteiger charge is -2.36. The number of halogens is 2. The van der Waals surface area contributed by atoms with Gasteiger partial charge in [-0.15, -0.1) is 0 Å². The molecule has 0 aliphatic carbocycles. The summed E-state index contributed by atoms with van der Waals surface area (Å²) in [5.74, 6) is 1.63. The van der Waals surface area contributed by atoms with Gasteiger partial charge in [-0.25, -0.2) is 19.2 Å². The molecule has 6 heterocycles. The number of aryl methyl sites for hydroxylation is 2. The molecule has 2 saturated heterocycles. The molecular formula is C55H75Cl2N11O9. The highest BCUT2D eigenvalue weighted by Gasteiger charge is 2.34. The summed E-state index contributed by atoms with van der Waals surface area (Å²) in [5.41, 5.74) is 2.60. The lowest BCUT2D eigenvalue weighted by atomic mass is 10.1. The SMILES string of the molecule is CN(C)Cc1c(N2CCC[C@@H](NC(=O)OC(C)(C)C)C2)n(Cc2ccccc2Cl)c2c(=O)n(C)c(=O)n(C)c12.COCc1c(N2CCC[C@@H](NC(=O)OC(C)(C)C)C2)n(Cc2ccccc2Cl)c2c(=O)n(C)c(=O)n(C)c12. The summed E-state index contributed by atoms with van der Waals surface area (Å²) in [5, 5.41) is 7.20. The van der Waals surface area contributed by atoms with Crippen molar-refractivity contribution in [3.63, 3.8) is 0 Å². The number of fused-ring (bicyclic) bond motifs is 2. The topological polar surface area (TPSA) is 193 Å². The monoisotopic (exact) mass is 1100 g/mol. The van der Waals surface area contributed by atoms with Crippen molar-refractivity contribution in [2.75, 3.05) is 57.2 Å². The minimum Gasteiger partial charge on any atom is -0.444 e. The first-order chi connectivity index (χ1) is 36.2. The zero-order valence-electron chi connectivity index (χ0n) is 46.7. The molecule has 8 rings (SSSR count). The van der Waals surface area contributed by atoms with E-state index in [4.69, 9.17) is 37.4 Å². The molecule has 0 unspecified atom stereocenters. The van der Waals surface area contributed by atoms with Gasteiger partial charge in [0.05, 0.1) is 30.7 Å². The molecule has 0 bridgehead atoms. The van der Waals surface area contributed by atoms with Gasteiger partial charge in [0.2, 0.25) is 0 Å². The standard InChI is InChI=1S/C28H39ClN6O4.C27H36ClN5O5/c1-28(2,3)39-26(37)30-19-12-10-14-34(16-19)24-20(17-31(4)5)22-23(25(36)33(7)27(38)32(22)6)35(24)15-18-11-8-9-13-21(18)29;1-27(2,3)38-25(35)29-18-11-9-13-32(15-18)23-19(16-37-6)21-22(24(34)31(5)26(36)30(21)4)33(23)14-17-10-7-8-12-20(17)28/h8-9,11,13,19H,10,12,14-17H2,1-7H3,(H,30,37);7-8,10,12,18H,9,11,13-16H2,1-6H3,(H,29,35)/t19-;18-/m11/s1. The Hall–Kier alpha value is -6.48. The average molecular weight is 1110 g/mol. The number of methoxy groups -OCH3 is 1. The number of anilines is 2. The van der Waals surface area contributed by atoms with Crippen LogP contribution in [0, 0.1) is 0 Å². The molecule has 6 aromatic rings. The van der Waals surface area contributed by atoms with E-state index in [0.717, 1.165) is 75.3 Å². The van der Waals surface area contributed by atoms with Crippen molar-refractivity contribution in [2.24, 2.45) is 28.2 Å². The summed E-state index contributed by atoms with van der Waals surface area (Å²) in [6.07, 6.45) is 2.35. The number of nitrogens with zero attached hydrogens (tertiary/aromatic N) is 9. The van der Waals surface area contributed by atoms with E-state index in [9.17, 15) is 28.8 Å². The van der Waals surface area contributed by atoms with Crippen LogP contribution < -0.4 is 42.9 Å². The largest absolute Gasteiger partial charge is 0.444 e. The van der Waals surface area contributed by atoms with Gasteiger partial charge >= 0.3 is 23.6 Å². The molecule has 2 N–H and O–H groups in total. The van der Waals surface area contributed by atoms with Gasteiger partial charge in [-0.1, -0.05) is 59.6 Å². The fourth-order valence-electron chi connectivity index (χ4n) is 10.5. The summed E-state index contributed by atoms with van der Waals surface area (Å²) in [7, 11) is 11.9. The number of alkyl carbamates (subject to hydrolysis) is 2. The Balaban J connectivity index is 0.000000224. The Kier molecular flexibility index (Phi) is 17.9. The maximum absolute atomic E-state index is 13.7. The van der Waals surface area contributed by atoms with Crippen molar-refractivity contribution in [3.05, 3.63) is 123 Å². The van der Waals surface area contributed by atoms with Crippen LogP contribution in [0.2, 0.25) is 10.0 Å². The second-order valence-electron chi connectivity index (χ2n) is 22.3. The maximum Gasteiger partial charge on any atom is 0.407 e. The Labute approximate surface area is 458 Å². The molecule has 2 aromatic carbocycles. The molecule has 2 aliphatic heterocycles. The molecule has 22 heteroatoms. The highest BCUT2D eigenvalue weighted by Crippen LogP contribution is 2.37. The molecule has 0 radical (unpaired) electrons. The van der Waals surface area contributed by atoms with Crippen LogP contribution in [0.25, 0.3) is 22.1 Å². The normalized spacial score (nSPS) is 16.2. The predicted molar refractivity (Wildman–Crippen MR) is 303 cm³/mol. The van der Waals surface area contributed by atoms with E-state index in [1.807, 2.05) is 118 Å². The number of piperidine rings is 2. The Bertz CT molecular complexity index is 3410. The second-order valence-corrected chi connectivity index (χ2v) is 23.1. The fraction of sp³-hybridized carbons (Fsp3) is 0.527. The van der Waals surface area contributed by atoms with E-state index in [1.54, 1.807) is 25.8 Å². The Morgan fingerprint density at radius 1 is 0.610 bits per heavy atom. The molecule has 418 valence electrons. The van der Waals surface area contributed by atoms with Crippen molar-refractivity contribution in [1.82, 2.24) is 42.9 Å². The first kappa shape index (κ1) is 58.2. The lowest BCUT2D eigenvalue weighted by molar-refractivity contribution is 0.0488. The van der Waals surface area contributed by atoms with Crippen LogP contribution in [0.1, 0.15) is 89.5 Å². The van der Waals surface area contributed by atoms with Crippen LogP contribution in [0.5, 0.6) is 0 Å². The zero-order valence-corrected chi connectivity index (χ0v) is 48.2. The van der Waals surface area contributed by atoms with Crippen LogP contribution in [-0.4, -0.2) is 115 Å². The minimum atomic E-state index is -0.601. The zero-order chi connectivity index (χ0) is 56.4. The number of amides is 2. The minimum absolute atomic E-state index is 0.140. The van der Waals surface area contributed by atoms with Gasteiger partial charge in [0, 0.05) is 101 Å². The van der Waals surface area contributed by atoms with E-state index in [0.29, 0.717) is 71.4 Å². The summed E-state index contributed by atoms with van der Waals surface area (Å²) >= 11 is 13.1. The molecule has 0 spiro atoms. The third-order valence-electron chi connectivity index (χ3n) is 13.7. The quantitative estimate of drug-likeness (QED) is 0.132. The maximum atomic E-state index is 13.7. The van der Waals surface area contributed by atoms with Crippen molar-refractivity contribution in [3.8, 4) is 0 Å². The summed E-state index contributed by atoms with van der Waals surface area (Å²) in [6, 6.07) is 14.8. The van der Waals surface area contributed by atoms with Gasteiger partial charge in [-0.3, -0.25) is 27.9 Å². The third-order valence-corrected chi connectivity index (χ3v) is 14.4. The molecule has 2 aliphatic rings. The molecule has 20 nitrogen and oxygen atoms in total. The van der Waals surface area contributed by atoms with E-state index in [-0.39, 0.29) is 35.5 Å². The average Bonchev–Trinajstić information content (AvgIpc) is 3.99. The number of rotatable bonds is 12. The van der Waals surface area contributed by atoms with Crippen LogP contribution in [0.3, 0.4) is 0 Å². The number of carbonyl (C=O) groups is 2. The van der Waals surface area contributed by atoms with Crippen LogP contribution >= 0.6 is 23.2 Å². The number of nitrogens with one attached hydrogen (secondary N) is 2. The van der Waals surface area contributed by atoms with Crippen molar-refractivity contribution in [1.29, 1.82) is 0 Å². The van der Waals surface area contributed by atoms with Crippen molar-refractivity contribution in [2.45, 2.75) is 117 Å². The fourth-order valence-corrected chi connectivity index (χ4v) is 10.9. The molecule has 0 saturated carbocycles. The molecule has 4 aromatic heterocycles. The number of hydrogen-bond acceptors (Lipinski definition) is 12. The summed E-state index contributed by atoms with van der Waals surface area (Å²) in [6.45, 7) is 14.9. The Morgan fingerprint density at radius 3 is 1.38 bits per heavy atom. The molecule has 2 fully saturated rings. The van der Waals surface area contributed by atoms with E-state index in [1.165, 1.54) is 18.7 Å². The van der Waals surface area contributed by atoms with Crippen LogP contribution in [-0.2, 0) is 68.6 Å². The summed E-state index contributed by atoms with van der Waals surface area (Å²) < 4.78 is 25.8. The van der Waals surface area contributed by atoms with E-state index < -0.39 is 29.1 Å². The molecular weight excluding hydrogens is 1030 g/mol. The van der Waals surface area contributed by atoms with Gasteiger partial charge in [0.15, 0.2) is 0 Å². The summed E-state index contributed by atoms with van der Waals surface area (Å²) in [4.78, 5) is 84.7. The lowest BCUT2D eigenvalue weighted by Crippen LogP contribution is -2.49. The number of benzene rings is 2. The van der Waals surface area contributed by atoms with E-state index >= 15 is 0 Å². The third kappa shape index (κ3) is 12.9. The highest BCUT2D eigenvalue weighted by atomic mass is 35.5. The number of ether oxygens (including phenoxy) is 3. The number of hydrogen-bond donors (Lipinski definition) is 2. The first-order valence-electron chi connectivity index (χ1n) is 25.9. The molecule has 2 amide bonds. The van der Waals surface area contributed by atoms with Gasteiger partial charge in [-0.2, -0.15) is 0 Å². The highest BCUT2D eigenvalue weighted by molar-refractivity contribution is 6.31. The van der Waals surface area contributed by atoms with Crippen LogP contribution in [0.15, 0.2) is 67.7 Å². The van der Waals surface area contributed by atoms with Gasteiger partial charge < -0.3 is 48.7 Å². The smallest absolute Gasteiger partial charge is 0.407 e. The number of aromatic nitrogens is 6. The first-order valence-corrected chi connectivity index (χ1v) is 26.7.